The normalized spacial score (nSPS) is 26.4. The lowest BCUT2D eigenvalue weighted by molar-refractivity contribution is 0.141. The fourth-order valence-corrected chi connectivity index (χ4v) is 3.31. The first-order valence-corrected chi connectivity index (χ1v) is 7.20. The zero-order chi connectivity index (χ0) is 14.0. The molecule has 0 amide bonds. The molecule has 1 nitrogen and oxygen atoms in total. The van der Waals surface area contributed by atoms with Gasteiger partial charge in [0.2, 0.25) is 0 Å². The molecule has 1 aliphatic rings. The van der Waals surface area contributed by atoms with Crippen molar-refractivity contribution in [2.24, 2.45) is 11.8 Å². The van der Waals surface area contributed by atoms with Gasteiger partial charge in [-0.25, -0.2) is 8.78 Å². The number of likely N-dealkylation sites (tertiary alicyclic amines) is 1. The molecule has 0 saturated carbocycles. The highest BCUT2D eigenvalue weighted by Gasteiger charge is 2.24. The summed E-state index contributed by atoms with van der Waals surface area (Å²) in [6, 6.07) is 3.90. The molecule has 0 aromatic heterocycles. The van der Waals surface area contributed by atoms with E-state index in [1.807, 2.05) is 0 Å². The Bertz CT molecular complexity index is 428. The van der Waals surface area contributed by atoms with Crippen LogP contribution in [0.25, 0.3) is 0 Å². The molecule has 0 aliphatic carbocycles. The van der Waals surface area contributed by atoms with Crippen molar-refractivity contribution in [3.8, 4) is 0 Å². The predicted molar refractivity (Wildman–Crippen MR) is 74.3 cm³/mol. The highest BCUT2D eigenvalue weighted by molar-refractivity contribution is 6.21. The Balaban J connectivity index is 2.00. The molecule has 0 N–H and O–H groups in total. The number of nitrogens with zero attached hydrogens (tertiary/aromatic N) is 1. The summed E-state index contributed by atoms with van der Waals surface area (Å²) in [5, 5.41) is -0.299. The minimum absolute atomic E-state index is 0.299. The van der Waals surface area contributed by atoms with Crippen molar-refractivity contribution in [3.63, 3.8) is 0 Å². The van der Waals surface area contributed by atoms with Gasteiger partial charge in [0.05, 0.1) is 5.38 Å². The van der Waals surface area contributed by atoms with Gasteiger partial charge < -0.3 is 4.90 Å². The van der Waals surface area contributed by atoms with E-state index >= 15 is 0 Å². The molecule has 1 heterocycles. The van der Waals surface area contributed by atoms with E-state index in [1.165, 1.54) is 12.5 Å². The minimum atomic E-state index is -0.830. The smallest absolute Gasteiger partial charge is 0.159 e. The van der Waals surface area contributed by atoms with E-state index in [1.54, 1.807) is 6.07 Å². The van der Waals surface area contributed by atoms with Gasteiger partial charge in [-0.2, -0.15) is 0 Å². The Morgan fingerprint density at radius 2 is 1.84 bits per heavy atom. The van der Waals surface area contributed by atoms with Crippen LogP contribution in [0.15, 0.2) is 18.2 Å². The van der Waals surface area contributed by atoms with Gasteiger partial charge in [-0.05, 0) is 36.0 Å². The molecule has 1 aromatic carbocycles. The third-order valence-electron chi connectivity index (χ3n) is 3.67. The zero-order valence-electron chi connectivity index (χ0n) is 11.4. The number of benzene rings is 1. The summed E-state index contributed by atoms with van der Waals surface area (Å²) in [4.78, 5) is 2.32. The van der Waals surface area contributed by atoms with Gasteiger partial charge in [-0.15, -0.1) is 11.6 Å². The van der Waals surface area contributed by atoms with Crippen molar-refractivity contribution in [2.45, 2.75) is 25.6 Å². The second-order valence-electron chi connectivity index (χ2n) is 5.81. The van der Waals surface area contributed by atoms with Crippen molar-refractivity contribution in [1.82, 2.24) is 4.90 Å². The van der Waals surface area contributed by atoms with Crippen LogP contribution in [0.1, 0.15) is 31.2 Å². The van der Waals surface area contributed by atoms with E-state index in [9.17, 15) is 8.78 Å². The molecule has 3 unspecified atom stereocenters. The summed E-state index contributed by atoms with van der Waals surface area (Å²) in [5.41, 5.74) is 0.645. The molecule has 1 aromatic rings. The molecule has 0 spiro atoms. The first-order chi connectivity index (χ1) is 8.95. The van der Waals surface area contributed by atoms with Crippen molar-refractivity contribution in [1.29, 1.82) is 0 Å². The van der Waals surface area contributed by atoms with Gasteiger partial charge in [0.25, 0.3) is 0 Å². The van der Waals surface area contributed by atoms with Gasteiger partial charge in [0.15, 0.2) is 11.6 Å². The Labute approximate surface area is 118 Å². The Morgan fingerprint density at radius 3 is 2.42 bits per heavy atom. The molecular weight excluding hydrogens is 268 g/mol. The van der Waals surface area contributed by atoms with Crippen LogP contribution in [0.3, 0.4) is 0 Å². The van der Waals surface area contributed by atoms with Crippen LogP contribution in [0.5, 0.6) is 0 Å². The highest BCUT2D eigenvalue weighted by Crippen LogP contribution is 2.27. The second-order valence-corrected chi connectivity index (χ2v) is 6.33. The van der Waals surface area contributed by atoms with E-state index in [2.05, 4.69) is 18.7 Å². The number of alkyl halides is 1. The number of rotatable bonds is 3. The molecule has 19 heavy (non-hydrogen) atoms. The molecule has 1 saturated heterocycles. The van der Waals surface area contributed by atoms with Crippen LogP contribution < -0.4 is 0 Å². The molecule has 2 rings (SSSR count). The maximum atomic E-state index is 13.2. The van der Waals surface area contributed by atoms with Crippen LogP contribution in [0.4, 0.5) is 8.78 Å². The summed E-state index contributed by atoms with van der Waals surface area (Å²) < 4.78 is 26.1. The molecule has 3 atom stereocenters. The third-order valence-corrected chi connectivity index (χ3v) is 4.06. The predicted octanol–water partition coefficient (Wildman–Crippen LogP) is 4.22. The van der Waals surface area contributed by atoms with Crippen molar-refractivity contribution in [3.05, 3.63) is 35.4 Å². The van der Waals surface area contributed by atoms with Crippen LogP contribution in [0.2, 0.25) is 0 Å². The maximum Gasteiger partial charge on any atom is 0.159 e. The van der Waals surface area contributed by atoms with E-state index in [4.69, 9.17) is 11.6 Å². The first kappa shape index (κ1) is 14.7. The quantitative estimate of drug-likeness (QED) is 0.752. The lowest BCUT2D eigenvalue weighted by Gasteiger charge is -2.36. The molecule has 1 fully saturated rings. The van der Waals surface area contributed by atoms with Crippen LogP contribution in [0, 0.1) is 23.5 Å². The first-order valence-electron chi connectivity index (χ1n) is 6.77. The van der Waals surface area contributed by atoms with Gasteiger partial charge >= 0.3 is 0 Å². The van der Waals surface area contributed by atoms with E-state index < -0.39 is 11.6 Å². The van der Waals surface area contributed by atoms with Gasteiger partial charge in [0, 0.05) is 19.6 Å². The standard InChI is InChI=1S/C15H20ClF2N/c1-10-5-11(2)8-19(7-10)9-13(16)12-3-4-14(17)15(18)6-12/h3-4,6,10-11,13H,5,7-9H2,1-2H3. The fraction of sp³-hybridized carbons (Fsp3) is 0.600. The zero-order valence-corrected chi connectivity index (χ0v) is 12.1. The third kappa shape index (κ3) is 3.90. The van der Waals surface area contributed by atoms with E-state index in [0.29, 0.717) is 23.9 Å². The van der Waals surface area contributed by atoms with Crippen molar-refractivity contribution in [2.75, 3.05) is 19.6 Å². The number of halogens is 3. The van der Waals surface area contributed by atoms with Crippen LogP contribution in [-0.4, -0.2) is 24.5 Å². The van der Waals surface area contributed by atoms with Gasteiger partial charge in [0.1, 0.15) is 0 Å². The second kappa shape index (κ2) is 6.19. The molecular formula is C15H20ClF2N. The van der Waals surface area contributed by atoms with Crippen LogP contribution >= 0.6 is 11.6 Å². The number of hydrogen-bond acceptors (Lipinski definition) is 1. The average Bonchev–Trinajstić information content (AvgIpc) is 2.31. The summed E-state index contributed by atoms with van der Waals surface area (Å²) in [7, 11) is 0. The number of hydrogen-bond donors (Lipinski definition) is 0. The molecule has 4 heteroatoms. The van der Waals surface area contributed by atoms with Crippen LogP contribution in [-0.2, 0) is 0 Å². The number of piperidine rings is 1. The lowest BCUT2D eigenvalue weighted by atomic mass is 9.91. The molecule has 0 bridgehead atoms. The topological polar surface area (TPSA) is 3.24 Å². The average molecular weight is 288 g/mol. The SMILES string of the molecule is CC1CC(C)CN(CC(Cl)c2ccc(F)c(F)c2)C1. The summed E-state index contributed by atoms with van der Waals surface area (Å²) >= 11 is 6.33. The molecule has 1 aliphatic heterocycles. The van der Waals surface area contributed by atoms with E-state index in [0.717, 1.165) is 19.2 Å². The van der Waals surface area contributed by atoms with Gasteiger partial charge in [-0.3, -0.25) is 0 Å². The van der Waals surface area contributed by atoms with Crippen molar-refractivity contribution >= 4 is 11.6 Å². The van der Waals surface area contributed by atoms with E-state index in [-0.39, 0.29) is 5.38 Å². The summed E-state index contributed by atoms with van der Waals surface area (Å²) in [6.45, 7) is 7.21. The molecule has 0 radical (unpaired) electrons. The monoisotopic (exact) mass is 287 g/mol. The fourth-order valence-electron chi connectivity index (χ4n) is 2.98. The van der Waals surface area contributed by atoms with Crippen molar-refractivity contribution < 1.29 is 8.78 Å². The Morgan fingerprint density at radius 1 is 1.21 bits per heavy atom. The highest BCUT2D eigenvalue weighted by atomic mass is 35.5. The maximum absolute atomic E-state index is 13.2. The lowest BCUT2D eigenvalue weighted by Crippen LogP contribution is -2.40. The Kier molecular flexibility index (Phi) is 4.80. The minimum Gasteiger partial charge on any atom is -0.301 e. The summed E-state index contributed by atoms with van der Waals surface area (Å²) in [5.74, 6) is -0.327. The summed E-state index contributed by atoms with van der Waals surface area (Å²) in [6.07, 6.45) is 1.24. The van der Waals surface area contributed by atoms with Gasteiger partial charge in [-0.1, -0.05) is 19.9 Å². The Hall–Kier alpha value is -0.670. The molecule has 106 valence electrons. The largest absolute Gasteiger partial charge is 0.301 e.